The smallest absolute Gasteiger partial charge is 0.225 e. The summed E-state index contributed by atoms with van der Waals surface area (Å²) in [6.45, 7) is 0. The minimum atomic E-state index is -3.54. The molecule has 3 nitrogen and oxygen atoms in total. The summed E-state index contributed by atoms with van der Waals surface area (Å²) in [5, 5.41) is 5.01. The number of rotatable bonds is 1. The first-order chi connectivity index (χ1) is 6.07. The van der Waals surface area contributed by atoms with E-state index in [0.29, 0.717) is 0 Å². The van der Waals surface area contributed by atoms with Crippen LogP contribution in [-0.4, -0.2) is 14.2 Å². The molecular weight excluding hydrogens is 206 g/mol. The predicted molar refractivity (Wildman–Crippen MR) is 52.2 cm³/mol. The largest absolute Gasteiger partial charge is 0.238 e. The van der Waals surface area contributed by atoms with Crippen molar-refractivity contribution >= 4 is 21.8 Å². The van der Waals surface area contributed by atoms with Gasteiger partial charge >= 0.3 is 0 Å². The van der Waals surface area contributed by atoms with Gasteiger partial charge in [0.1, 0.15) is 0 Å². The van der Waals surface area contributed by atoms with Crippen LogP contribution in [-0.2, 0) is 16.4 Å². The van der Waals surface area contributed by atoms with Crippen molar-refractivity contribution in [1.29, 1.82) is 0 Å². The van der Waals surface area contributed by atoms with Gasteiger partial charge in [0.2, 0.25) is 10.0 Å². The quantitative estimate of drug-likeness (QED) is 0.759. The van der Waals surface area contributed by atoms with Gasteiger partial charge in [-0.25, -0.2) is 13.6 Å². The molecule has 13 heavy (non-hydrogen) atoms. The lowest BCUT2D eigenvalue weighted by Crippen LogP contribution is -2.12. The van der Waals surface area contributed by atoms with E-state index < -0.39 is 10.0 Å². The van der Waals surface area contributed by atoms with Gasteiger partial charge in [-0.15, -0.1) is 11.8 Å². The highest BCUT2D eigenvalue weighted by Gasteiger charge is 2.15. The van der Waals surface area contributed by atoms with Crippen LogP contribution in [0.5, 0.6) is 0 Å². The normalized spacial score (nSPS) is 15.8. The second kappa shape index (κ2) is 3.01. The molecule has 0 radical (unpaired) electrons. The van der Waals surface area contributed by atoms with E-state index in [2.05, 4.69) is 0 Å². The van der Waals surface area contributed by atoms with E-state index in [1.54, 1.807) is 23.9 Å². The highest BCUT2D eigenvalue weighted by molar-refractivity contribution is 7.99. The van der Waals surface area contributed by atoms with Gasteiger partial charge in [-0.1, -0.05) is 6.07 Å². The topological polar surface area (TPSA) is 60.2 Å². The third-order valence-corrected chi connectivity index (χ3v) is 4.01. The average Bonchev–Trinajstić information content (AvgIpc) is 2.47. The highest BCUT2D eigenvalue weighted by Crippen LogP contribution is 2.32. The molecule has 0 unspecified atom stereocenters. The summed E-state index contributed by atoms with van der Waals surface area (Å²) in [6.07, 6.45) is 1.02. The maximum Gasteiger partial charge on any atom is 0.238 e. The zero-order valence-electron chi connectivity index (χ0n) is 6.86. The third kappa shape index (κ3) is 1.72. The number of hydrogen-bond acceptors (Lipinski definition) is 3. The molecule has 0 bridgehead atoms. The van der Waals surface area contributed by atoms with E-state index >= 15 is 0 Å². The minimum absolute atomic E-state index is 0.209. The third-order valence-electron chi connectivity index (χ3n) is 2.00. The fourth-order valence-corrected chi connectivity index (χ4v) is 3.05. The van der Waals surface area contributed by atoms with E-state index in [1.165, 1.54) is 5.56 Å². The van der Waals surface area contributed by atoms with Crippen molar-refractivity contribution in [2.45, 2.75) is 16.2 Å². The first-order valence-corrected chi connectivity index (χ1v) is 6.39. The van der Waals surface area contributed by atoms with Crippen molar-refractivity contribution in [2.75, 3.05) is 5.75 Å². The molecule has 0 amide bonds. The molecule has 1 heterocycles. The molecule has 0 spiro atoms. The van der Waals surface area contributed by atoms with Crippen LogP contribution < -0.4 is 5.14 Å². The predicted octanol–water partition coefficient (Wildman–Crippen LogP) is 0.982. The molecular formula is C8H9NO2S2. The molecule has 2 rings (SSSR count). The average molecular weight is 215 g/mol. The van der Waals surface area contributed by atoms with Crippen LogP contribution in [0.1, 0.15) is 5.56 Å². The Morgan fingerprint density at radius 1 is 1.38 bits per heavy atom. The van der Waals surface area contributed by atoms with Gasteiger partial charge in [0.25, 0.3) is 0 Å². The number of sulfonamides is 1. The minimum Gasteiger partial charge on any atom is -0.225 e. The Morgan fingerprint density at radius 2 is 2.15 bits per heavy atom. The Kier molecular flexibility index (Phi) is 2.09. The monoisotopic (exact) mass is 215 g/mol. The SMILES string of the molecule is NS(=O)(=O)c1ccc2c(c1)SCC2. The molecule has 1 aromatic carbocycles. The lowest BCUT2D eigenvalue weighted by atomic mass is 10.2. The van der Waals surface area contributed by atoms with E-state index in [0.717, 1.165) is 17.1 Å². The zero-order chi connectivity index (χ0) is 9.47. The summed E-state index contributed by atoms with van der Waals surface area (Å²) < 4.78 is 22.0. The molecule has 1 aliphatic heterocycles. The van der Waals surface area contributed by atoms with Crippen molar-refractivity contribution in [3.05, 3.63) is 23.8 Å². The van der Waals surface area contributed by atoms with Gasteiger partial charge in [-0.05, 0) is 24.1 Å². The van der Waals surface area contributed by atoms with Gasteiger partial charge in [-0.3, -0.25) is 0 Å². The highest BCUT2D eigenvalue weighted by atomic mass is 32.2. The molecule has 0 aliphatic carbocycles. The summed E-state index contributed by atoms with van der Waals surface area (Å²) in [5.74, 6) is 1.03. The fourth-order valence-electron chi connectivity index (χ4n) is 1.32. The number of nitrogens with two attached hydrogens (primary N) is 1. The lowest BCUT2D eigenvalue weighted by molar-refractivity contribution is 0.597. The summed E-state index contributed by atoms with van der Waals surface area (Å²) >= 11 is 1.68. The van der Waals surface area contributed by atoms with Crippen LogP contribution in [0.25, 0.3) is 0 Å². The number of aryl methyl sites for hydroxylation is 1. The first kappa shape index (κ1) is 9.05. The Hall–Kier alpha value is -0.520. The molecule has 0 atom stereocenters. The van der Waals surface area contributed by atoms with Crippen LogP contribution in [0.15, 0.2) is 28.0 Å². The standard InChI is InChI=1S/C8H9NO2S2/c9-13(10,11)7-2-1-6-3-4-12-8(6)5-7/h1-2,5H,3-4H2,(H2,9,10,11). The Labute approximate surface area is 81.4 Å². The van der Waals surface area contributed by atoms with Crippen molar-refractivity contribution < 1.29 is 8.42 Å². The van der Waals surface area contributed by atoms with Gasteiger partial charge in [0.15, 0.2) is 0 Å². The second-order valence-electron chi connectivity index (χ2n) is 2.91. The number of fused-ring (bicyclic) bond motifs is 1. The molecule has 0 aromatic heterocycles. The van der Waals surface area contributed by atoms with E-state index in [-0.39, 0.29) is 4.90 Å². The molecule has 5 heteroatoms. The Bertz CT molecular complexity index is 439. The number of benzene rings is 1. The first-order valence-electron chi connectivity index (χ1n) is 3.86. The van der Waals surface area contributed by atoms with Crippen LogP contribution in [0.4, 0.5) is 0 Å². The van der Waals surface area contributed by atoms with Crippen LogP contribution in [0.2, 0.25) is 0 Å². The van der Waals surface area contributed by atoms with Gasteiger partial charge < -0.3 is 0 Å². The molecule has 1 aliphatic rings. The fraction of sp³-hybridized carbons (Fsp3) is 0.250. The van der Waals surface area contributed by atoms with Gasteiger partial charge in [0, 0.05) is 10.6 Å². The van der Waals surface area contributed by atoms with Crippen LogP contribution in [0, 0.1) is 0 Å². The lowest BCUT2D eigenvalue weighted by Gasteiger charge is -2.01. The Balaban J connectivity index is 2.54. The second-order valence-corrected chi connectivity index (χ2v) is 5.61. The van der Waals surface area contributed by atoms with Gasteiger partial charge in [0.05, 0.1) is 4.90 Å². The number of hydrogen-bond donors (Lipinski definition) is 1. The molecule has 1 aromatic rings. The molecule has 0 saturated carbocycles. The van der Waals surface area contributed by atoms with E-state index in [1.807, 2.05) is 6.07 Å². The van der Waals surface area contributed by atoms with Crippen molar-refractivity contribution in [2.24, 2.45) is 5.14 Å². The van der Waals surface area contributed by atoms with E-state index in [9.17, 15) is 8.42 Å². The number of thioether (sulfide) groups is 1. The molecule has 2 N–H and O–H groups in total. The van der Waals surface area contributed by atoms with Crippen LogP contribution in [0.3, 0.4) is 0 Å². The summed E-state index contributed by atoms with van der Waals surface area (Å²) in [7, 11) is -3.54. The molecule has 70 valence electrons. The summed E-state index contributed by atoms with van der Waals surface area (Å²) in [5.41, 5.74) is 1.22. The molecule has 0 fully saturated rings. The summed E-state index contributed by atoms with van der Waals surface area (Å²) in [6, 6.07) is 5.07. The van der Waals surface area contributed by atoms with Crippen molar-refractivity contribution in [3.63, 3.8) is 0 Å². The Morgan fingerprint density at radius 3 is 2.85 bits per heavy atom. The summed E-state index contributed by atoms with van der Waals surface area (Å²) in [4.78, 5) is 1.26. The van der Waals surface area contributed by atoms with Crippen LogP contribution >= 0.6 is 11.8 Å². The van der Waals surface area contributed by atoms with Crippen molar-refractivity contribution in [1.82, 2.24) is 0 Å². The van der Waals surface area contributed by atoms with Crippen molar-refractivity contribution in [3.8, 4) is 0 Å². The maximum atomic E-state index is 11.0. The number of primary sulfonamides is 1. The maximum absolute atomic E-state index is 11.0. The molecule has 0 saturated heterocycles. The van der Waals surface area contributed by atoms with Gasteiger partial charge in [-0.2, -0.15) is 0 Å². The zero-order valence-corrected chi connectivity index (χ0v) is 8.49. The van der Waals surface area contributed by atoms with E-state index in [4.69, 9.17) is 5.14 Å².